The molecule has 1 heterocycles. The molecule has 0 bridgehead atoms. The van der Waals surface area contributed by atoms with E-state index in [1.54, 1.807) is 32.0 Å². The van der Waals surface area contributed by atoms with Gasteiger partial charge in [0, 0.05) is 16.6 Å². The van der Waals surface area contributed by atoms with Gasteiger partial charge < -0.3 is 14.8 Å². The van der Waals surface area contributed by atoms with Gasteiger partial charge in [-0.1, -0.05) is 18.2 Å². The lowest BCUT2D eigenvalue weighted by atomic mass is 10.1. The summed E-state index contributed by atoms with van der Waals surface area (Å²) in [5.41, 5.74) is 2.93. The van der Waals surface area contributed by atoms with Gasteiger partial charge in [0.2, 0.25) is 5.91 Å². The van der Waals surface area contributed by atoms with Crippen LogP contribution in [-0.4, -0.2) is 25.4 Å². The third-order valence-electron chi connectivity index (χ3n) is 3.93. The molecule has 1 aliphatic rings. The zero-order valence-corrected chi connectivity index (χ0v) is 14.2. The van der Waals surface area contributed by atoms with E-state index >= 15 is 0 Å². The number of amides is 1. The van der Waals surface area contributed by atoms with Crippen LogP contribution in [0.4, 0.5) is 5.69 Å². The molecule has 0 saturated carbocycles. The number of anilines is 1. The highest BCUT2D eigenvalue weighted by molar-refractivity contribution is 8.01. The van der Waals surface area contributed by atoms with Crippen molar-refractivity contribution in [2.24, 2.45) is 0 Å². The molecule has 120 valence electrons. The summed E-state index contributed by atoms with van der Waals surface area (Å²) in [6, 6.07) is 11.8. The van der Waals surface area contributed by atoms with Gasteiger partial charge in [-0.25, -0.2) is 0 Å². The molecule has 0 radical (unpaired) electrons. The molecule has 1 aliphatic heterocycles. The summed E-state index contributed by atoms with van der Waals surface area (Å²) in [6.07, 6.45) is 0.763. The molecule has 0 saturated heterocycles. The quantitative estimate of drug-likeness (QED) is 0.930. The van der Waals surface area contributed by atoms with Crippen LogP contribution in [0.1, 0.15) is 11.1 Å². The molecule has 5 heteroatoms. The average molecular weight is 329 g/mol. The van der Waals surface area contributed by atoms with Gasteiger partial charge >= 0.3 is 0 Å². The van der Waals surface area contributed by atoms with Crippen molar-refractivity contribution < 1.29 is 14.3 Å². The van der Waals surface area contributed by atoms with E-state index in [9.17, 15) is 4.79 Å². The Morgan fingerprint density at radius 3 is 2.57 bits per heavy atom. The van der Waals surface area contributed by atoms with Crippen LogP contribution in [0.25, 0.3) is 0 Å². The molecular weight excluding hydrogens is 310 g/mol. The SMILES string of the molecule is COc1cc(C)c(NC(=O)C2Cc3ccccc3S2)cc1OC. The number of aryl methyl sites for hydroxylation is 1. The number of fused-ring (bicyclic) bond motifs is 1. The summed E-state index contributed by atoms with van der Waals surface area (Å²) in [6.45, 7) is 1.94. The van der Waals surface area contributed by atoms with E-state index in [0.29, 0.717) is 11.5 Å². The lowest BCUT2D eigenvalue weighted by molar-refractivity contribution is -0.115. The molecule has 0 aromatic heterocycles. The second kappa shape index (κ2) is 6.54. The van der Waals surface area contributed by atoms with Crippen molar-refractivity contribution in [2.45, 2.75) is 23.5 Å². The molecule has 1 unspecified atom stereocenters. The zero-order chi connectivity index (χ0) is 16.4. The maximum atomic E-state index is 12.6. The first-order valence-electron chi connectivity index (χ1n) is 7.40. The van der Waals surface area contributed by atoms with E-state index in [-0.39, 0.29) is 11.2 Å². The van der Waals surface area contributed by atoms with Crippen LogP contribution in [0, 0.1) is 6.92 Å². The first kappa shape index (κ1) is 15.7. The predicted molar refractivity (Wildman–Crippen MR) is 92.7 cm³/mol. The summed E-state index contributed by atoms with van der Waals surface area (Å²) in [4.78, 5) is 13.8. The summed E-state index contributed by atoms with van der Waals surface area (Å²) in [5, 5.41) is 2.92. The number of hydrogen-bond acceptors (Lipinski definition) is 4. The minimum Gasteiger partial charge on any atom is -0.493 e. The molecule has 2 aromatic rings. The fourth-order valence-corrected chi connectivity index (χ4v) is 3.85. The average Bonchev–Trinajstić information content (AvgIpc) is 3.00. The van der Waals surface area contributed by atoms with Crippen molar-refractivity contribution in [3.8, 4) is 11.5 Å². The summed E-state index contributed by atoms with van der Waals surface area (Å²) in [7, 11) is 3.18. The zero-order valence-electron chi connectivity index (χ0n) is 13.4. The van der Waals surface area contributed by atoms with Crippen molar-refractivity contribution in [2.75, 3.05) is 19.5 Å². The normalized spacial score (nSPS) is 15.9. The molecule has 2 aromatic carbocycles. The summed E-state index contributed by atoms with van der Waals surface area (Å²) < 4.78 is 10.6. The maximum absolute atomic E-state index is 12.6. The Kier molecular flexibility index (Phi) is 4.48. The van der Waals surface area contributed by atoms with E-state index in [2.05, 4.69) is 17.4 Å². The second-order valence-corrected chi connectivity index (χ2v) is 6.67. The topological polar surface area (TPSA) is 47.6 Å². The third-order valence-corrected chi connectivity index (χ3v) is 5.25. The van der Waals surface area contributed by atoms with Crippen molar-refractivity contribution >= 4 is 23.4 Å². The molecule has 1 N–H and O–H groups in total. The van der Waals surface area contributed by atoms with Crippen molar-refractivity contribution in [3.63, 3.8) is 0 Å². The number of benzene rings is 2. The first-order chi connectivity index (χ1) is 11.1. The highest BCUT2D eigenvalue weighted by Gasteiger charge is 2.28. The van der Waals surface area contributed by atoms with Crippen LogP contribution in [0.3, 0.4) is 0 Å². The first-order valence-corrected chi connectivity index (χ1v) is 8.28. The summed E-state index contributed by atoms with van der Waals surface area (Å²) in [5.74, 6) is 1.28. The molecule has 0 spiro atoms. The number of carbonyl (C=O) groups excluding carboxylic acids is 1. The van der Waals surface area contributed by atoms with E-state index in [4.69, 9.17) is 9.47 Å². The van der Waals surface area contributed by atoms with E-state index < -0.39 is 0 Å². The predicted octanol–water partition coefficient (Wildman–Crippen LogP) is 3.67. The molecule has 0 fully saturated rings. The lowest BCUT2D eigenvalue weighted by Gasteiger charge is -2.15. The van der Waals surface area contributed by atoms with Crippen molar-refractivity contribution in [1.82, 2.24) is 0 Å². The number of carbonyl (C=O) groups is 1. The largest absolute Gasteiger partial charge is 0.493 e. The van der Waals surface area contributed by atoms with Crippen LogP contribution < -0.4 is 14.8 Å². The second-order valence-electron chi connectivity index (χ2n) is 5.43. The minimum atomic E-state index is -0.0973. The Bertz CT molecular complexity index is 720. The fraction of sp³-hybridized carbons (Fsp3) is 0.278. The number of methoxy groups -OCH3 is 2. The maximum Gasteiger partial charge on any atom is 0.238 e. The van der Waals surface area contributed by atoms with Crippen LogP contribution in [-0.2, 0) is 11.2 Å². The monoisotopic (exact) mass is 329 g/mol. The number of rotatable bonds is 4. The van der Waals surface area contributed by atoms with E-state index in [1.807, 2.05) is 25.1 Å². The number of nitrogens with one attached hydrogen (secondary N) is 1. The Balaban J connectivity index is 1.76. The minimum absolute atomic E-state index is 0.0153. The van der Waals surface area contributed by atoms with E-state index in [1.165, 1.54) is 10.5 Å². The van der Waals surface area contributed by atoms with Gasteiger partial charge in [0.1, 0.15) is 0 Å². The Morgan fingerprint density at radius 2 is 1.87 bits per heavy atom. The van der Waals surface area contributed by atoms with Crippen LogP contribution in [0.15, 0.2) is 41.3 Å². The van der Waals surface area contributed by atoms with Crippen LogP contribution in [0.2, 0.25) is 0 Å². The molecule has 3 rings (SSSR count). The number of hydrogen-bond donors (Lipinski definition) is 1. The standard InChI is InChI=1S/C18H19NO3S/c1-11-8-14(21-2)15(22-3)10-13(11)19-18(20)17-9-12-6-4-5-7-16(12)23-17/h4-8,10,17H,9H2,1-3H3,(H,19,20). The van der Waals surface area contributed by atoms with Gasteiger partial charge in [0.05, 0.1) is 19.5 Å². The number of ether oxygens (including phenoxy) is 2. The highest BCUT2D eigenvalue weighted by Crippen LogP contribution is 2.38. The molecule has 0 aliphatic carbocycles. The molecule has 1 atom stereocenters. The molecule has 23 heavy (non-hydrogen) atoms. The Hall–Kier alpha value is -2.14. The third kappa shape index (κ3) is 3.15. The summed E-state index contributed by atoms with van der Waals surface area (Å²) >= 11 is 1.62. The van der Waals surface area contributed by atoms with Gasteiger partial charge in [-0.05, 0) is 36.6 Å². The van der Waals surface area contributed by atoms with Gasteiger partial charge in [-0.15, -0.1) is 11.8 Å². The fourth-order valence-electron chi connectivity index (χ4n) is 2.66. The van der Waals surface area contributed by atoms with Gasteiger partial charge in [0.25, 0.3) is 0 Å². The van der Waals surface area contributed by atoms with Crippen molar-refractivity contribution in [3.05, 3.63) is 47.5 Å². The van der Waals surface area contributed by atoms with Crippen molar-refractivity contribution in [1.29, 1.82) is 0 Å². The molecule has 4 nitrogen and oxygen atoms in total. The van der Waals surface area contributed by atoms with Gasteiger partial charge in [-0.2, -0.15) is 0 Å². The molecular formula is C18H19NO3S. The lowest BCUT2D eigenvalue weighted by Crippen LogP contribution is -2.25. The highest BCUT2D eigenvalue weighted by atomic mass is 32.2. The Labute approximate surface area is 140 Å². The van der Waals surface area contributed by atoms with Gasteiger partial charge in [-0.3, -0.25) is 4.79 Å². The van der Waals surface area contributed by atoms with Crippen LogP contribution >= 0.6 is 11.8 Å². The number of thioether (sulfide) groups is 1. The van der Waals surface area contributed by atoms with Crippen LogP contribution in [0.5, 0.6) is 11.5 Å². The Morgan fingerprint density at radius 1 is 1.17 bits per heavy atom. The van der Waals surface area contributed by atoms with E-state index in [0.717, 1.165) is 17.7 Å². The van der Waals surface area contributed by atoms with Gasteiger partial charge in [0.15, 0.2) is 11.5 Å². The smallest absolute Gasteiger partial charge is 0.238 e. The molecule has 1 amide bonds.